The van der Waals surface area contributed by atoms with Crippen LogP contribution in [-0.2, 0) is 19.4 Å². The molecule has 7 heteroatoms. The van der Waals surface area contributed by atoms with Gasteiger partial charge in [0.25, 0.3) is 0 Å². The predicted molar refractivity (Wildman–Crippen MR) is 99.5 cm³/mol. The lowest BCUT2D eigenvalue weighted by Gasteiger charge is -2.09. The summed E-state index contributed by atoms with van der Waals surface area (Å²) in [4.78, 5) is 4.52. The van der Waals surface area contributed by atoms with Crippen LogP contribution < -0.4 is 10.6 Å². The Bertz CT molecular complexity index is 517. The molecular formula is C15H25IN6. The van der Waals surface area contributed by atoms with Crippen molar-refractivity contribution >= 4 is 29.9 Å². The van der Waals surface area contributed by atoms with E-state index in [1.807, 2.05) is 6.92 Å². The second kappa shape index (κ2) is 10.4. The Balaban J connectivity index is 0.00000242. The first-order valence-corrected chi connectivity index (χ1v) is 7.71. The van der Waals surface area contributed by atoms with E-state index in [1.165, 1.54) is 19.3 Å². The highest BCUT2D eigenvalue weighted by atomic mass is 127. The highest BCUT2D eigenvalue weighted by molar-refractivity contribution is 14.0. The van der Waals surface area contributed by atoms with Gasteiger partial charge in [-0.25, -0.2) is 0 Å². The smallest absolute Gasteiger partial charge is 0.192 e. The van der Waals surface area contributed by atoms with Gasteiger partial charge in [-0.2, -0.15) is 0 Å². The Morgan fingerprint density at radius 2 is 2.18 bits per heavy atom. The van der Waals surface area contributed by atoms with E-state index in [9.17, 15) is 0 Å². The number of nitrogens with one attached hydrogen (secondary N) is 2. The van der Waals surface area contributed by atoms with Gasteiger partial charge in [0.15, 0.2) is 5.96 Å². The summed E-state index contributed by atoms with van der Waals surface area (Å²) in [5.41, 5.74) is 0. The van der Waals surface area contributed by atoms with E-state index in [2.05, 4.69) is 36.3 Å². The van der Waals surface area contributed by atoms with Gasteiger partial charge >= 0.3 is 0 Å². The second-order valence-corrected chi connectivity index (χ2v) is 5.06. The van der Waals surface area contributed by atoms with E-state index in [0.29, 0.717) is 13.1 Å². The van der Waals surface area contributed by atoms with Gasteiger partial charge in [-0.3, -0.25) is 4.99 Å². The number of nitrogens with zero attached hydrogens (tertiary/aromatic N) is 4. The van der Waals surface area contributed by atoms with Crippen LogP contribution in [0.15, 0.2) is 4.99 Å². The normalized spacial score (nSPS) is 14.3. The molecule has 0 radical (unpaired) electrons. The van der Waals surface area contributed by atoms with Crippen LogP contribution in [0.25, 0.3) is 0 Å². The molecule has 2 N–H and O–H groups in total. The number of rotatable bonds is 5. The van der Waals surface area contributed by atoms with E-state index in [0.717, 1.165) is 43.5 Å². The molecule has 0 amide bonds. The number of terminal acetylenes is 1. The Morgan fingerprint density at radius 3 is 2.95 bits per heavy atom. The van der Waals surface area contributed by atoms with Gasteiger partial charge in [-0.1, -0.05) is 12.3 Å². The molecule has 0 spiro atoms. The summed E-state index contributed by atoms with van der Waals surface area (Å²) in [6, 6.07) is 0. The Labute approximate surface area is 149 Å². The number of aromatic nitrogens is 3. The lowest BCUT2D eigenvalue weighted by Crippen LogP contribution is -2.37. The molecule has 122 valence electrons. The number of halogens is 1. The average Bonchev–Trinajstić information content (AvgIpc) is 2.72. The zero-order valence-electron chi connectivity index (χ0n) is 13.1. The molecule has 2 heterocycles. The monoisotopic (exact) mass is 416 g/mol. The summed E-state index contributed by atoms with van der Waals surface area (Å²) < 4.78 is 2.27. The fraction of sp³-hybridized carbons (Fsp3) is 0.667. The van der Waals surface area contributed by atoms with E-state index in [1.54, 1.807) is 0 Å². The van der Waals surface area contributed by atoms with Crippen LogP contribution in [0.2, 0.25) is 0 Å². The molecule has 0 aliphatic carbocycles. The van der Waals surface area contributed by atoms with Crippen LogP contribution >= 0.6 is 24.0 Å². The summed E-state index contributed by atoms with van der Waals surface area (Å²) in [6.45, 7) is 5.04. The van der Waals surface area contributed by atoms with Gasteiger partial charge < -0.3 is 15.2 Å². The van der Waals surface area contributed by atoms with Crippen molar-refractivity contribution in [3.63, 3.8) is 0 Å². The number of guanidine groups is 1. The highest BCUT2D eigenvalue weighted by Crippen LogP contribution is 2.14. The Kier molecular flexibility index (Phi) is 8.89. The molecule has 0 saturated carbocycles. The van der Waals surface area contributed by atoms with Crippen molar-refractivity contribution in [2.75, 3.05) is 19.6 Å². The molecule has 1 aliphatic rings. The Hall–Kier alpha value is -1.30. The summed E-state index contributed by atoms with van der Waals surface area (Å²) in [5, 5.41) is 14.9. The summed E-state index contributed by atoms with van der Waals surface area (Å²) in [7, 11) is 0. The first kappa shape index (κ1) is 18.7. The van der Waals surface area contributed by atoms with E-state index in [-0.39, 0.29) is 24.0 Å². The maximum atomic E-state index is 5.25. The van der Waals surface area contributed by atoms with Crippen molar-refractivity contribution in [3.05, 3.63) is 11.6 Å². The van der Waals surface area contributed by atoms with Crippen molar-refractivity contribution in [1.82, 2.24) is 25.4 Å². The van der Waals surface area contributed by atoms with Crippen LogP contribution in [0.1, 0.15) is 37.8 Å². The van der Waals surface area contributed by atoms with Gasteiger partial charge in [-0.05, 0) is 19.8 Å². The van der Waals surface area contributed by atoms with Crippen LogP contribution in [0.5, 0.6) is 0 Å². The topological polar surface area (TPSA) is 67.1 Å². The SMILES string of the molecule is C#CCNC(=NCCc1nnc2n1CCCCC2)NCC.I. The lowest BCUT2D eigenvalue weighted by molar-refractivity contribution is 0.604. The molecule has 0 saturated heterocycles. The van der Waals surface area contributed by atoms with Crippen LogP contribution in [0.3, 0.4) is 0 Å². The van der Waals surface area contributed by atoms with Gasteiger partial charge in [0.05, 0.1) is 6.54 Å². The number of fused-ring (bicyclic) bond motifs is 1. The number of hydrogen-bond donors (Lipinski definition) is 2. The highest BCUT2D eigenvalue weighted by Gasteiger charge is 2.13. The molecule has 1 aromatic heterocycles. The number of aryl methyl sites for hydroxylation is 1. The van der Waals surface area contributed by atoms with Crippen LogP contribution in [0, 0.1) is 12.3 Å². The van der Waals surface area contributed by atoms with Crippen molar-refractivity contribution in [3.8, 4) is 12.3 Å². The molecule has 22 heavy (non-hydrogen) atoms. The molecule has 2 rings (SSSR count). The number of aliphatic imine (C=N–C) groups is 1. The first-order chi connectivity index (χ1) is 10.3. The maximum absolute atomic E-state index is 5.25. The van der Waals surface area contributed by atoms with Crippen molar-refractivity contribution in [2.45, 2.75) is 45.6 Å². The fourth-order valence-corrected chi connectivity index (χ4v) is 2.47. The van der Waals surface area contributed by atoms with Crippen molar-refractivity contribution in [1.29, 1.82) is 0 Å². The van der Waals surface area contributed by atoms with Crippen LogP contribution in [-0.4, -0.2) is 40.4 Å². The average molecular weight is 416 g/mol. The summed E-state index contributed by atoms with van der Waals surface area (Å²) in [5.74, 6) is 5.48. The molecule has 1 aromatic rings. The minimum atomic E-state index is 0. The molecule has 1 aliphatic heterocycles. The quantitative estimate of drug-likeness (QED) is 0.329. The Morgan fingerprint density at radius 1 is 1.32 bits per heavy atom. The molecule has 0 aromatic carbocycles. The maximum Gasteiger partial charge on any atom is 0.192 e. The van der Waals surface area contributed by atoms with Gasteiger partial charge in [0.2, 0.25) is 0 Å². The number of hydrogen-bond acceptors (Lipinski definition) is 3. The van der Waals surface area contributed by atoms with Gasteiger partial charge in [0.1, 0.15) is 11.6 Å². The summed E-state index contributed by atoms with van der Waals surface area (Å²) >= 11 is 0. The van der Waals surface area contributed by atoms with E-state index in [4.69, 9.17) is 6.42 Å². The summed E-state index contributed by atoms with van der Waals surface area (Å²) in [6.07, 6.45) is 10.8. The molecule has 0 unspecified atom stereocenters. The lowest BCUT2D eigenvalue weighted by atomic mass is 10.2. The van der Waals surface area contributed by atoms with Gasteiger partial charge in [-0.15, -0.1) is 40.6 Å². The molecule has 0 atom stereocenters. The van der Waals surface area contributed by atoms with Gasteiger partial charge in [0, 0.05) is 32.5 Å². The molecule has 0 bridgehead atoms. The third-order valence-electron chi connectivity index (χ3n) is 3.49. The largest absolute Gasteiger partial charge is 0.357 e. The zero-order chi connectivity index (χ0) is 14.9. The second-order valence-electron chi connectivity index (χ2n) is 5.06. The predicted octanol–water partition coefficient (Wildman–Crippen LogP) is 1.35. The van der Waals surface area contributed by atoms with Crippen molar-refractivity contribution < 1.29 is 0 Å². The third-order valence-corrected chi connectivity index (χ3v) is 3.49. The standard InChI is InChI=1S/C15H24N6.HI/c1-3-10-17-15(16-4-2)18-11-9-14-20-19-13-8-6-5-7-12-21(13)14;/h1H,4-12H2,2H3,(H2,16,17,18);1H. The van der Waals surface area contributed by atoms with E-state index >= 15 is 0 Å². The molecular weight excluding hydrogens is 391 g/mol. The molecule has 6 nitrogen and oxygen atoms in total. The third kappa shape index (κ3) is 5.48. The first-order valence-electron chi connectivity index (χ1n) is 7.71. The fourth-order valence-electron chi connectivity index (χ4n) is 2.47. The van der Waals surface area contributed by atoms with Crippen molar-refractivity contribution in [2.24, 2.45) is 4.99 Å². The zero-order valence-corrected chi connectivity index (χ0v) is 15.5. The minimum absolute atomic E-state index is 0. The molecule has 0 fully saturated rings. The minimum Gasteiger partial charge on any atom is -0.357 e. The van der Waals surface area contributed by atoms with E-state index < -0.39 is 0 Å². The van der Waals surface area contributed by atoms with Crippen LogP contribution in [0.4, 0.5) is 0 Å².